The van der Waals surface area contributed by atoms with Gasteiger partial charge in [-0.05, 0) is 31.0 Å². The Hall–Kier alpha value is -1.73. The highest BCUT2D eigenvalue weighted by atomic mass is 35.5. The molecule has 1 aromatic carbocycles. The van der Waals surface area contributed by atoms with Gasteiger partial charge >= 0.3 is 0 Å². The van der Waals surface area contributed by atoms with E-state index < -0.39 is 0 Å². The molecule has 1 aromatic rings. The molecule has 0 unspecified atom stereocenters. The lowest BCUT2D eigenvalue weighted by molar-refractivity contribution is 0.0747. The van der Waals surface area contributed by atoms with E-state index in [4.69, 9.17) is 22.6 Å². The van der Waals surface area contributed by atoms with Gasteiger partial charge in [-0.15, -0.1) is 0 Å². The van der Waals surface area contributed by atoms with Crippen molar-refractivity contribution in [1.82, 2.24) is 4.90 Å². The van der Waals surface area contributed by atoms with Crippen LogP contribution in [0.3, 0.4) is 0 Å². The molecule has 0 aliphatic heterocycles. The molecule has 94 valence electrons. The molecular formula is C13H14ClN3O. The Bertz CT molecular complexity index is 505. The van der Waals surface area contributed by atoms with Gasteiger partial charge in [-0.3, -0.25) is 4.79 Å². The van der Waals surface area contributed by atoms with Crippen molar-refractivity contribution in [2.45, 2.75) is 25.3 Å². The van der Waals surface area contributed by atoms with Crippen molar-refractivity contribution < 1.29 is 4.79 Å². The number of nitrogens with two attached hydrogens (primary N) is 1. The van der Waals surface area contributed by atoms with E-state index in [-0.39, 0.29) is 11.9 Å². The van der Waals surface area contributed by atoms with Crippen LogP contribution in [0.5, 0.6) is 0 Å². The molecule has 1 aliphatic rings. The highest BCUT2D eigenvalue weighted by Gasteiger charge is 2.32. The number of benzene rings is 1. The average Bonchev–Trinajstić information content (AvgIpc) is 3.17. The molecule has 0 saturated heterocycles. The number of hydrogen-bond donors (Lipinski definition) is 1. The highest BCUT2D eigenvalue weighted by molar-refractivity contribution is 6.33. The number of hydrogen-bond acceptors (Lipinski definition) is 3. The summed E-state index contributed by atoms with van der Waals surface area (Å²) in [4.78, 5) is 14.1. The lowest BCUT2D eigenvalue weighted by atomic mass is 10.1. The van der Waals surface area contributed by atoms with Crippen molar-refractivity contribution in [3.05, 3.63) is 28.8 Å². The molecule has 2 N–H and O–H groups in total. The van der Waals surface area contributed by atoms with Crippen LogP contribution >= 0.6 is 11.6 Å². The molecule has 0 atom stereocenters. The van der Waals surface area contributed by atoms with E-state index >= 15 is 0 Å². The highest BCUT2D eigenvalue weighted by Crippen LogP contribution is 2.29. The quantitative estimate of drug-likeness (QED) is 0.848. The summed E-state index contributed by atoms with van der Waals surface area (Å²) in [5.41, 5.74) is 6.61. The number of nitriles is 1. The first-order valence-corrected chi connectivity index (χ1v) is 6.24. The maximum Gasteiger partial charge on any atom is 0.254 e. The third-order valence-electron chi connectivity index (χ3n) is 2.96. The van der Waals surface area contributed by atoms with E-state index in [1.165, 1.54) is 0 Å². The van der Waals surface area contributed by atoms with Crippen LogP contribution < -0.4 is 5.73 Å². The fourth-order valence-corrected chi connectivity index (χ4v) is 2.01. The monoisotopic (exact) mass is 263 g/mol. The van der Waals surface area contributed by atoms with Crippen LogP contribution in [0.2, 0.25) is 5.02 Å². The van der Waals surface area contributed by atoms with Crippen LogP contribution in [-0.2, 0) is 0 Å². The van der Waals surface area contributed by atoms with Crippen LogP contribution in [0.4, 0.5) is 5.69 Å². The first-order valence-electron chi connectivity index (χ1n) is 5.86. The minimum atomic E-state index is -0.0744. The largest absolute Gasteiger partial charge is 0.398 e. The van der Waals surface area contributed by atoms with Crippen molar-refractivity contribution in [2.24, 2.45) is 0 Å². The van der Waals surface area contributed by atoms with Gasteiger partial charge in [0.15, 0.2) is 0 Å². The lowest BCUT2D eigenvalue weighted by Crippen LogP contribution is -2.33. The first kappa shape index (κ1) is 12.7. The smallest absolute Gasteiger partial charge is 0.254 e. The van der Waals surface area contributed by atoms with Crippen molar-refractivity contribution in [3.63, 3.8) is 0 Å². The zero-order valence-corrected chi connectivity index (χ0v) is 10.7. The SMILES string of the molecule is N#CCCN(C(=O)c1ccc(N)c(Cl)c1)C1CC1. The number of carbonyl (C=O) groups excluding carboxylic acids is 1. The van der Waals surface area contributed by atoms with E-state index in [1.807, 2.05) is 0 Å². The van der Waals surface area contributed by atoms with Crippen LogP contribution in [0.25, 0.3) is 0 Å². The second-order valence-corrected chi connectivity index (χ2v) is 4.78. The van der Waals surface area contributed by atoms with Gasteiger partial charge in [0.1, 0.15) is 0 Å². The molecule has 1 amide bonds. The first-order chi connectivity index (χ1) is 8.63. The lowest BCUT2D eigenvalue weighted by Gasteiger charge is -2.21. The van der Waals surface area contributed by atoms with Gasteiger partial charge < -0.3 is 10.6 Å². The molecule has 18 heavy (non-hydrogen) atoms. The van der Waals surface area contributed by atoms with Crippen molar-refractivity contribution >= 4 is 23.2 Å². The van der Waals surface area contributed by atoms with Crippen LogP contribution in [0.15, 0.2) is 18.2 Å². The van der Waals surface area contributed by atoms with Gasteiger partial charge in [0.05, 0.1) is 23.2 Å². The summed E-state index contributed by atoms with van der Waals surface area (Å²) in [6.45, 7) is 0.474. The van der Waals surface area contributed by atoms with Crippen LogP contribution in [-0.4, -0.2) is 23.4 Å². The predicted octanol–water partition coefficient (Wildman–Crippen LogP) is 2.44. The van der Waals surface area contributed by atoms with E-state index in [2.05, 4.69) is 6.07 Å². The van der Waals surface area contributed by atoms with Gasteiger partial charge in [0.2, 0.25) is 0 Å². The summed E-state index contributed by atoms with van der Waals surface area (Å²) < 4.78 is 0. The van der Waals surface area contributed by atoms with Crippen molar-refractivity contribution in [2.75, 3.05) is 12.3 Å². The molecule has 0 aromatic heterocycles. The minimum absolute atomic E-state index is 0.0744. The van der Waals surface area contributed by atoms with Crippen molar-refractivity contribution in [1.29, 1.82) is 5.26 Å². The number of amides is 1. The molecule has 1 aliphatic carbocycles. The second kappa shape index (κ2) is 5.28. The Balaban J connectivity index is 2.17. The Morgan fingerprint density at radius 2 is 2.28 bits per heavy atom. The molecule has 0 heterocycles. The Morgan fingerprint density at radius 1 is 1.56 bits per heavy atom. The predicted molar refractivity (Wildman–Crippen MR) is 70.2 cm³/mol. The van der Waals surface area contributed by atoms with E-state index in [0.29, 0.717) is 29.2 Å². The number of rotatable bonds is 4. The summed E-state index contributed by atoms with van der Waals surface area (Å²) >= 11 is 5.91. The third-order valence-corrected chi connectivity index (χ3v) is 3.29. The Kier molecular flexibility index (Phi) is 3.73. The van der Waals surface area contributed by atoms with Crippen LogP contribution in [0.1, 0.15) is 29.6 Å². The molecule has 2 rings (SSSR count). The van der Waals surface area contributed by atoms with Crippen molar-refractivity contribution in [3.8, 4) is 6.07 Å². The van der Waals surface area contributed by atoms with E-state index in [1.54, 1.807) is 23.1 Å². The maximum absolute atomic E-state index is 12.3. The van der Waals surface area contributed by atoms with Gasteiger partial charge in [0, 0.05) is 18.2 Å². The third kappa shape index (κ3) is 2.74. The minimum Gasteiger partial charge on any atom is -0.398 e. The topological polar surface area (TPSA) is 70.1 Å². The number of anilines is 1. The second-order valence-electron chi connectivity index (χ2n) is 4.37. The standard InChI is InChI=1S/C13H14ClN3O/c14-11-8-9(2-5-12(11)16)13(18)17(7-1-6-15)10-3-4-10/h2,5,8,10H,1,3-4,7,16H2. The normalized spacial score (nSPS) is 14.0. The fourth-order valence-electron chi connectivity index (χ4n) is 1.83. The van der Waals surface area contributed by atoms with Crippen LogP contribution in [0, 0.1) is 11.3 Å². The summed E-state index contributed by atoms with van der Waals surface area (Å²) in [7, 11) is 0. The van der Waals surface area contributed by atoms with Gasteiger partial charge in [0.25, 0.3) is 5.91 Å². The molecular weight excluding hydrogens is 250 g/mol. The van der Waals surface area contributed by atoms with Gasteiger partial charge in [-0.25, -0.2) is 0 Å². The zero-order chi connectivity index (χ0) is 13.1. The average molecular weight is 264 g/mol. The molecule has 0 radical (unpaired) electrons. The molecule has 5 heteroatoms. The van der Waals surface area contributed by atoms with E-state index in [0.717, 1.165) is 12.8 Å². The van der Waals surface area contributed by atoms with Gasteiger partial charge in [-0.2, -0.15) is 5.26 Å². The maximum atomic E-state index is 12.3. The summed E-state index contributed by atoms with van der Waals surface area (Å²) in [6, 6.07) is 7.23. The number of carbonyl (C=O) groups is 1. The zero-order valence-electron chi connectivity index (χ0n) is 9.90. The summed E-state index contributed by atoms with van der Waals surface area (Å²) in [5, 5.41) is 9.01. The molecule has 1 saturated carbocycles. The molecule has 1 fully saturated rings. The van der Waals surface area contributed by atoms with Gasteiger partial charge in [-0.1, -0.05) is 11.6 Å². The molecule has 4 nitrogen and oxygen atoms in total. The summed E-state index contributed by atoms with van der Waals surface area (Å²) in [6.07, 6.45) is 2.38. The number of halogens is 1. The number of nitrogens with zero attached hydrogens (tertiary/aromatic N) is 2. The summed E-state index contributed by atoms with van der Waals surface area (Å²) in [5.74, 6) is -0.0744. The Labute approximate surface area is 111 Å². The van der Waals surface area contributed by atoms with E-state index in [9.17, 15) is 4.79 Å². The Morgan fingerprint density at radius 3 is 2.83 bits per heavy atom. The fraction of sp³-hybridized carbons (Fsp3) is 0.385. The number of nitrogen functional groups attached to an aromatic ring is 1. The molecule has 0 spiro atoms. The molecule has 0 bridgehead atoms.